The smallest absolute Gasteiger partial charge is 1.00 e. The van der Waals surface area contributed by atoms with Crippen molar-refractivity contribution in [2.24, 2.45) is 0 Å². The van der Waals surface area contributed by atoms with Crippen LogP contribution in [-0.2, 0) is 0 Å². The summed E-state index contributed by atoms with van der Waals surface area (Å²) in [5.41, 5.74) is 0. The van der Waals surface area contributed by atoms with Crippen molar-refractivity contribution in [1.82, 2.24) is 0 Å². The van der Waals surface area contributed by atoms with E-state index in [1.807, 2.05) is 0 Å². The molecule has 0 fully saturated rings. The summed E-state index contributed by atoms with van der Waals surface area (Å²) >= 11 is 0. The Bertz CT molecular complexity index is 39.0. The minimum Gasteiger partial charge on any atom is -1.00 e. The van der Waals surface area contributed by atoms with Crippen molar-refractivity contribution in [3.8, 4) is 0 Å². The van der Waals surface area contributed by atoms with Crippen LogP contribution in [0.5, 0.6) is 0 Å². The molecule has 2 N–H and O–H groups in total. The Labute approximate surface area is 97.2 Å². The van der Waals surface area contributed by atoms with E-state index in [0.717, 1.165) is 0 Å². The average Bonchev–Trinajstić information content (AvgIpc) is 0.811. The quantitative estimate of drug-likeness (QED) is 0.329. The van der Waals surface area contributed by atoms with E-state index in [0.29, 0.717) is 0 Å². The minimum absolute atomic E-state index is 0. The summed E-state index contributed by atoms with van der Waals surface area (Å²) in [6, 6.07) is 0. The van der Waals surface area contributed by atoms with E-state index < -0.39 is 6.16 Å². The van der Waals surface area contributed by atoms with E-state index >= 15 is 0 Å². The van der Waals surface area contributed by atoms with Crippen LogP contribution in [0.3, 0.4) is 0 Å². The molecule has 0 aromatic carbocycles. The van der Waals surface area contributed by atoms with Gasteiger partial charge in [-0.15, -0.1) is 0 Å². The molecular weight excluding hydrogens is 158 g/mol. The monoisotopic (exact) mass is 160 g/mol. The van der Waals surface area contributed by atoms with E-state index in [2.05, 4.69) is 0 Å². The van der Waals surface area contributed by atoms with Crippen LogP contribution >= 0.6 is 0 Å². The average molecular weight is 160 g/mol. The van der Waals surface area contributed by atoms with Crippen LogP contribution in [0.1, 0.15) is 0 Å². The molecule has 40 valence electrons. The van der Waals surface area contributed by atoms with E-state index in [1.54, 1.807) is 0 Å². The van der Waals surface area contributed by atoms with Crippen LogP contribution in [0.2, 0.25) is 0 Å². The fourth-order valence-electron chi connectivity index (χ4n) is 0. The Morgan fingerprint density at radius 3 is 1.25 bits per heavy atom. The second-order valence-corrected chi connectivity index (χ2v) is 0.250. The van der Waals surface area contributed by atoms with Gasteiger partial charge in [0.05, 0.1) is 0 Å². The molecule has 0 atom stereocenters. The zero-order valence-electron chi connectivity index (χ0n) is 4.31. The number of halogens is 1. The van der Waals surface area contributed by atoms with Crippen molar-refractivity contribution in [1.29, 1.82) is 0 Å². The second-order valence-electron chi connectivity index (χ2n) is 0.250. The first-order chi connectivity index (χ1) is 1.73. The van der Waals surface area contributed by atoms with Gasteiger partial charge in [-0.1, -0.05) is 0 Å². The van der Waals surface area contributed by atoms with Crippen molar-refractivity contribution in [2.75, 3.05) is 0 Å². The van der Waals surface area contributed by atoms with Gasteiger partial charge >= 0.3 is 67.3 Å². The van der Waals surface area contributed by atoms with Gasteiger partial charge in [0, 0.05) is 0 Å². The molecule has 0 spiro atoms. The van der Waals surface area contributed by atoms with Gasteiger partial charge in [0.2, 0.25) is 0 Å². The molecule has 0 radical (unpaired) electrons. The summed E-state index contributed by atoms with van der Waals surface area (Å²) in [6.45, 7) is 0. The van der Waals surface area contributed by atoms with Gasteiger partial charge in [-0.25, -0.2) is 0 Å². The second kappa shape index (κ2) is 23.7. The zero-order valence-corrected chi connectivity index (χ0v) is 8.52. The van der Waals surface area contributed by atoms with E-state index in [-0.39, 0.29) is 77.5 Å². The Kier molecular flexibility index (Phi) is 101. The molecule has 4 nitrogen and oxygen atoms in total. The predicted molar refractivity (Wildman–Crippen MR) is 14.8 cm³/mol. The molecule has 0 saturated heterocycles. The first kappa shape index (κ1) is 34.2. The number of rotatable bonds is 0. The zero-order chi connectivity index (χ0) is 3.58. The fraction of sp³-hybridized carbons (Fsp3) is 0. The standard InChI is InChI=1S/CH2O3.Ca.FH.Na.H2O/c2-1(3)4;;;;/h(H2,2,3,4);;1H;;1H2/q;+2;;+1;/p-3. The van der Waals surface area contributed by atoms with Crippen molar-refractivity contribution in [2.45, 2.75) is 0 Å². The van der Waals surface area contributed by atoms with Crippen molar-refractivity contribution >= 4 is 43.9 Å². The van der Waals surface area contributed by atoms with Crippen molar-refractivity contribution in [3.63, 3.8) is 0 Å². The predicted octanol–water partition coefficient (Wildman–Crippen LogP) is -9.64. The minimum atomic E-state index is -2.33. The Morgan fingerprint density at radius 1 is 1.25 bits per heavy atom. The summed E-state index contributed by atoms with van der Waals surface area (Å²) in [7, 11) is 0. The number of carboxylic acid groups (broad SMARTS) is 2. The molecule has 0 aliphatic heterocycles. The van der Waals surface area contributed by atoms with Gasteiger partial charge in [0.25, 0.3) is 0 Å². The maximum absolute atomic E-state index is 8.33. The molecule has 0 unspecified atom stereocenters. The van der Waals surface area contributed by atoms with E-state index in [4.69, 9.17) is 15.0 Å². The van der Waals surface area contributed by atoms with Gasteiger partial charge in [0.15, 0.2) is 0 Å². The molecule has 0 aliphatic carbocycles. The fourth-order valence-corrected chi connectivity index (χ4v) is 0. The third-order valence-corrected chi connectivity index (χ3v) is 0. The molecule has 0 rings (SSSR count). The SMILES string of the molecule is O.O=C([O-])[O-].[Ca+2].[F-].[Na+]. The summed E-state index contributed by atoms with van der Waals surface area (Å²) in [5, 5.41) is 16.7. The molecule has 0 aromatic rings. The number of carbonyl (C=O) groups excluding carboxylic acids is 1. The maximum Gasteiger partial charge on any atom is 2.00 e. The van der Waals surface area contributed by atoms with Crippen LogP contribution in [0.4, 0.5) is 4.79 Å². The Balaban J connectivity index is -0.00000000750. The molecule has 7 heteroatoms. The third-order valence-electron chi connectivity index (χ3n) is 0. The molecule has 0 saturated carbocycles. The molecular formula is CH2CaFNaO4. The van der Waals surface area contributed by atoms with Crippen LogP contribution in [0, 0.1) is 0 Å². The summed E-state index contributed by atoms with van der Waals surface area (Å²) in [4.78, 5) is 8.33. The van der Waals surface area contributed by atoms with Gasteiger partial charge in [-0.2, -0.15) is 0 Å². The molecule has 0 bridgehead atoms. The largest absolute Gasteiger partial charge is 2.00 e. The summed E-state index contributed by atoms with van der Waals surface area (Å²) < 4.78 is 0. The first-order valence-electron chi connectivity index (χ1n) is 0.612. The van der Waals surface area contributed by atoms with Crippen molar-refractivity contribution < 1.29 is 54.7 Å². The normalized spacial score (nSPS) is 3.00. The van der Waals surface area contributed by atoms with Crippen LogP contribution in [0.15, 0.2) is 0 Å². The molecule has 0 aliphatic rings. The van der Waals surface area contributed by atoms with Gasteiger partial charge < -0.3 is 25.2 Å². The topological polar surface area (TPSA) is 94.7 Å². The molecule has 8 heavy (non-hydrogen) atoms. The third kappa shape index (κ3) is 152. The van der Waals surface area contributed by atoms with Gasteiger partial charge in [-0.3, -0.25) is 0 Å². The van der Waals surface area contributed by atoms with E-state index in [9.17, 15) is 0 Å². The maximum atomic E-state index is 8.33. The van der Waals surface area contributed by atoms with Crippen LogP contribution in [-0.4, -0.2) is 49.4 Å². The summed E-state index contributed by atoms with van der Waals surface area (Å²) in [6.07, 6.45) is -2.33. The number of carbonyl (C=O) groups is 1. The number of hydrogen-bond acceptors (Lipinski definition) is 3. The molecule has 0 aromatic heterocycles. The number of hydrogen-bond donors (Lipinski definition) is 0. The van der Waals surface area contributed by atoms with E-state index in [1.165, 1.54) is 0 Å². The Hall–Kier alpha value is 1.42. The molecule has 0 heterocycles. The van der Waals surface area contributed by atoms with Crippen LogP contribution in [0.25, 0.3) is 0 Å². The first-order valence-corrected chi connectivity index (χ1v) is 0.612. The van der Waals surface area contributed by atoms with Gasteiger partial charge in [-0.05, 0) is 6.16 Å². The summed E-state index contributed by atoms with van der Waals surface area (Å²) in [5.74, 6) is 0. The van der Waals surface area contributed by atoms with Crippen LogP contribution < -0.4 is 44.5 Å². The van der Waals surface area contributed by atoms with Gasteiger partial charge in [0.1, 0.15) is 0 Å². The van der Waals surface area contributed by atoms with Crippen molar-refractivity contribution in [3.05, 3.63) is 0 Å². The molecule has 0 amide bonds. The Morgan fingerprint density at radius 2 is 1.25 bits per heavy atom.